The summed E-state index contributed by atoms with van der Waals surface area (Å²) < 4.78 is 10.8. The maximum atomic E-state index is 12.1. The lowest BCUT2D eigenvalue weighted by Crippen LogP contribution is -2.49. The molecule has 0 unspecified atom stereocenters. The number of hydrogen-bond acceptors (Lipinski definition) is 4. The van der Waals surface area contributed by atoms with Crippen LogP contribution in [0.3, 0.4) is 0 Å². The van der Waals surface area contributed by atoms with E-state index in [9.17, 15) is 4.79 Å². The van der Waals surface area contributed by atoms with Gasteiger partial charge in [0.05, 0.1) is 13.7 Å². The summed E-state index contributed by atoms with van der Waals surface area (Å²) in [5, 5.41) is 0. The third kappa shape index (κ3) is 4.18. The highest BCUT2D eigenvalue weighted by molar-refractivity contribution is 5.87. The van der Waals surface area contributed by atoms with Crippen LogP contribution >= 0.6 is 0 Å². The molecular formula is C20H27NO3. The van der Waals surface area contributed by atoms with Crippen molar-refractivity contribution in [3.8, 4) is 5.75 Å². The maximum absolute atomic E-state index is 12.1. The second-order valence-corrected chi connectivity index (χ2v) is 6.71. The summed E-state index contributed by atoms with van der Waals surface area (Å²) in [5.41, 5.74) is 0.882. The summed E-state index contributed by atoms with van der Waals surface area (Å²) in [5.74, 6) is 0.975. The Bertz CT molecular complexity index is 582. The van der Waals surface area contributed by atoms with Crippen LogP contribution in [0.1, 0.15) is 37.7 Å². The fraction of sp³-hybridized carbons (Fsp3) is 0.550. The lowest BCUT2D eigenvalue weighted by atomic mass is 9.84. The minimum atomic E-state index is -0.270. The zero-order valence-corrected chi connectivity index (χ0v) is 14.4. The first-order chi connectivity index (χ1) is 11.8. The molecule has 2 heterocycles. The molecule has 0 amide bonds. The molecule has 24 heavy (non-hydrogen) atoms. The summed E-state index contributed by atoms with van der Waals surface area (Å²) in [7, 11) is 1.63. The van der Waals surface area contributed by atoms with Gasteiger partial charge in [0, 0.05) is 23.6 Å². The SMILES string of the molecule is COc1ccccc1/C=C/C(=O)OC[C@@H]1CCCN2CCCC[C@H]12. The molecule has 2 fully saturated rings. The van der Waals surface area contributed by atoms with E-state index < -0.39 is 0 Å². The number of methoxy groups -OCH3 is 1. The van der Waals surface area contributed by atoms with E-state index in [0.29, 0.717) is 18.6 Å². The smallest absolute Gasteiger partial charge is 0.330 e. The monoisotopic (exact) mass is 329 g/mol. The molecule has 0 radical (unpaired) electrons. The second-order valence-electron chi connectivity index (χ2n) is 6.71. The van der Waals surface area contributed by atoms with Crippen molar-refractivity contribution in [1.82, 2.24) is 4.90 Å². The molecule has 0 aliphatic carbocycles. The number of rotatable bonds is 5. The Balaban J connectivity index is 1.52. The molecule has 2 aliphatic heterocycles. The van der Waals surface area contributed by atoms with Crippen molar-refractivity contribution in [3.63, 3.8) is 0 Å². The average molecular weight is 329 g/mol. The van der Waals surface area contributed by atoms with E-state index in [-0.39, 0.29) is 5.97 Å². The van der Waals surface area contributed by atoms with Crippen LogP contribution in [0.5, 0.6) is 5.75 Å². The molecule has 4 heteroatoms. The molecule has 2 atom stereocenters. The van der Waals surface area contributed by atoms with Crippen molar-refractivity contribution in [2.45, 2.75) is 38.1 Å². The van der Waals surface area contributed by atoms with Gasteiger partial charge < -0.3 is 9.47 Å². The summed E-state index contributed by atoms with van der Waals surface area (Å²) in [4.78, 5) is 14.6. The summed E-state index contributed by atoms with van der Waals surface area (Å²) in [6.07, 6.45) is 9.51. The number of hydrogen-bond donors (Lipinski definition) is 0. The molecule has 0 aromatic heterocycles. The quantitative estimate of drug-likeness (QED) is 0.612. The van der Waals surface area contributed by atoms with Crippen LogP contribution in [0.15, 0.2) is 30.3 Å². The highest BCUT2D eigenvalue weighted by Gasteiger charge is 2.33. The number of para-hydroxylation sites is 1. The Morgan fingerprint density at radius 3 is 2.92 bits per heavy atom. The zero-order chi connectivity index (χ0) is 16.8. The van der Waals surface area contributed by atoms with Crippen LogP contribution in [0.25, 0.3) is 6.08 Å². The van der Waals surface area contributed by atoms with Gasteiger partial charge in [-0.25, -0.2) is 4.79 Å². The third-order valence-corrected chi connectivity index (χ3v) is 5.21. The van der Waals surface area contributed by atoms with Crippen LogP contribution in [-0.4, -0.2) is 43.7 Å². The number of carbonyl (C=O) groups excluding carboxylic acids is 1. The van der Waals surface area contributed by atoms with Gasteiger partial charge in [0.2, 0.25) is 0 Å². The van der Waals surface area contributed by atoms with Crippen LogP contribution < -0.4 is 4.74 Å². The normalized spacial score (nSPS) is 24.5. The van der Waals surface area contributed by atoms with Crippen LogP contribution in [0.2, 0.25) is 0 Å². The number of ether oxygens (including phenoxy) is 2. The number of piperidine rings is 2. The summed E-state index contributed by atoms with van der Waals surface area (Å²) in [6.45, 7) is 2.96. The Labute approximate surface area is 144 Å². The predicted octanol–water partition coefficient (Wildman–Crippen LogP) is 3.52. The predicted molar refractivity (Wildman–Crippen MR) is 94.9 cm³/mol. The molecule has 0 N–H and O–H groups in total. The minimum absolute atomic E-state index is 0.270. The van der Waals surface area contributed by atoms with Gasteiger partial charge in [-0.3, -0.25) is 4.90 Å². The van der Waals surface area contributed by atoms with Crippen LogP contribution in [0.4, 0.5) is 0 Å². The van der Waals surface area contributed by atoms with E-state index in [1.54, 1.807) is 13.2 Å². The number of benzene rings is 1. The molecule has 0 spiro atoms. The molecule has 0 saturated carbocycles. The first-order valence-electron chi connectivity index (χ1n) is 9.00. The van der Waals surface area contributed by atoms with Gasteiger partial charge >= 0.3 is 5.97 Å². The van der Waals surface area contributed by atoms with Crippen molar-refractivity contribution in [2.75, 3.05) is 26.8 Å². The highest BCUT2D eigenvalue weighted by Crippen LogP contribution is 2.31. The van der Waals surface area contributed by atoms with E-state index >= 15 is 0 Å². The largest absolute Gasteiger partial charge is 0.496 e. The Morgan fingerprint density at radius 2 is 2.04 bits per heavy atom. The number of fused-ring (bicyclic) bond motifs is 1. The molecule has 0 bridgehead atoms. The number of esters is 1. The fourth-order valence-electron chi connectivity index (χ4n) is 3.97. The van der Waals surface area contributed by atoms with Gasteiger partial charge in [-0.05, 0) is 50.9 Å². The van der Waals surface area contributed by atoms with E-state index in [1.165, 1.54) is 51.3 Å². The summed E-state index contributed by atoms with van der Waals surface area (Å²) in [6, 6.07) is 8.24. The molecule has 2 saturated heterocycles. The van der Waals surface area contributed by atoms with Gasteiger partial charge in [-0.2, -0.15) is 0 Å². The van der Waals surface area contributed by atoms with E-state index in [1.807, 2.05) is 24.3 Å². The van der Waals surface area contributed by atoms with Crippen molar-refractivity contribution in [2.24, 2.45) is 5.92 Å². The average Bonchev–Trinajstić information content (AvgIpc) is 2.64. The van der Waals surface area contributed by atoms with Crippen LogP contribution in [0, 0.1) is 5.92 Å². The zero-order valence-electron chi connectivity index (χ0n) is 14.4. The highest BCUT2D eigenvalue weighted by atomic mass is 16.5. The van der Waals surface area contributed by atoms with Gasteiger partial charge in [0.25, 0.3) is 0 Å². The van der Waals surface area contributed by atoms with E-state index in [4.69, 9.17) is 9.47 Å². The first kappa shape index (κ1) is 17.0. The van der Waals surface area contributed by atoms with Gasteiger partial charge in [-0.15, -0.1) is 0 Å². The topological polar surface area (TPSA) is 38.8 Å². The maximum Gasteiger partial charge on any atom is 0.330 e. The van der Waals surface area contributed by atoms with Crippen molar-refractivity contribution < 1.29 is 14.3 Å². The van der Waals surface area contributed by atoms with Crippen molar-refractivity contribution in [3.05, 3.63) is 35.9 Å². The first-order valence-corrected chi connectivity index (χ1v) is 9.00. The van der Waals surface area contributed by atoms with Gasteiger partial charge in [0.15, 0.2) is 0 Å². The minimum Gasteiger partial charge on any atom is -0.496 e. The van der Waals surface area contributed by atoms with Gasteiger partial charge in [-0.1, -0.05) is 24.6 Å². The molecule has 2 aliphatic rings. The molecule has 130 valence electrons. The molecule has 3 rings (SSSR count). The Kier molecular flexibility index (Phi) is 5.91. The Morgan fingerprint density at radius 1 is 1.21 bits per heavy atom. The Hall–Kier alpha value is -1.81. The van der Waals surface area contributed by atoms with Gasteiger partial charge in [0.1, 0.15) is 5.75 Å². The second kappa shape index (κ2) is 8.34. The van der Waals surface area contributed by atoms with Crippen molar-refractivity contribution in [1.29, 1.82) is 0 Å². The van der Waals surface area contributed by atoms with Crippen molar-refractivity contribution >= 4 is 12.0 Å². The lowest BCUT2D eigenvalue weighted by Gasteiger charge is -2.44. The van der Waals surface area contributed by atoms with E-state index in [2.05, 4.69) is 4.90 Å². The summed E-state index contributed by atoms with van der Waals surface area (Å²) >= 11 is 0. The molecule has 1 aromatic rings. The standard InChI is InChI=1S/C20H27NO3/c1-23-19-10-3-2-7-16(19)11-12-20(22)24-15-17-8-6-14-21-13-5-4-9-18(17)21/h2-3,7,10-12,17-18H,4-6,8-9,13-15H2,1H3/b12-11+/t17-,18+/m0/s1. The number of carbonyl (C=O) groups is 1. The molecular weight excluding hydrogens is 302 g/mol. The molecule has 4 nitrogen and oxygen atoms in total. The van der Waals surface area contributed by atoms with Crippen LogP contribution in [-0.2, 0) is 9.53 Å². The fourth-order valence-corrected chi connectivity index (χ4v) is 3.97. The van der Waals surface area contributed by atoms with E-state index in [0.717, 1.165) is 11.3 Å². The lowest BCUT2D eigenvalue weighted by molar-refractivity contribution is -0.140. The number of nitrogens with zero attached hydrogens (tertiary/aromatic N) is 1. The third-order valence-electron chi connectivity index (χ3n) is 5.21. The molecule has 1 aromatic carbocycles.